The van der Waals surface area contributed by atoms with E-state index in [0.29, 0.717) is 6.42 Å². The Morgan fingerprint density at radius 1 is 1.38 bits per heavy atom. The lowest BCUT2D eigenvalue weighted by molar-refractivity contribution is -0.121. The summed E-state index contributed by atoms with van der Waals surface area (Å²) in [6.07, 6.45) is 10.9. The van der Waals surface area contributed by atoms with Crippen LogP contribution in [0.5, 0.6) is 0 Å². The van der Waals surface area contributed by atoms with Crippen LogP contribution in [0.1, 0.15) is 56.3 Å². The van der Waals surface area contributed by atoms with E-state index in [1.807, 2.05) is 42.9 Å². The van der Waals surface area contributed by atoms with Crippen molar-refractivity contribution in [1.29, 1.82) is 0 Å². The Bertz CT molecular complexity index is 733. The van der Waals surface area contributed by atoms with Crippen LogP contribution in [0.4, 0.5) is 0 Å². The van der Waals surface area contributed by atoms with Gasteiger partial charge in [0.15, 0.2) is 5.82 Å². The number of hydrogen-bond donors (Lipinski definition) is 1. The molecule has 0 saturated carbocycles. The molecule has 1 amide bonds. The van der Waals surface area contributed by atoms with Crippen molar-refractivity contribution in [3.63, 3.8) is 0 Å². The van der Waals surface area contributed by atoms with Crippen molar-refractivity contribution >= 4 is 5.91 Å². The molecule has 24 heavy (non-hydrogen) atoms. The molecule has 0 bridgehead atoms. The Morgan fingerprint density at radius 2 is 2.25 bits per heavy atom. The van der Waals surface area contributed by atoms with Crippen LogP contribution in [0.15, 0.2) is 42.2 Å². The van der Waals surface area contributed by atoms with Gasteiger partial charge in [-0.2, -0.15) is 5.10 Å². The van der Waals surface area contributed by atoms with Crippen molar-refractivity contribution in [2.75, 3.05) is 0 Å². The zero-order chi connectivity index (χ0) is 16.9. The first-order valence-corrected chi connectivity index (χ1v) is 8.58. The first kappa shape index (κ1) is 16.4. The highest BCUT2D eigenvalue weighted by Crippen LogP contribution is 2.22. The van der Waals surface area contributed by atoms with E-state index in [1.54, 1.807) is 6.20 Å². The molecule has 0 spiro atoms. The highest BCUT2D eigenvalue weighted by Gasteiger charge is 2.17. The van der Waals surface area contributed by atoms with Crippen LogP contribution in [-0.4, -0.2) is 20.7 Å². The fourth-order valence-electron chi connectivity index (χ4n) is 3.20. The van der Waals surface area contributed by atoms with Gasteiger partial charge in [0.2, 0.25) is 5.91 Å². The Labute approximate surface area is 142 Å². The molecular formula is C19H24N4O. The lowest BCUT2D eigenvalue weighted by atomic mass is 9.97. The van der Waals surface area contributed by atoms with Gasteiger partial charge in [-0.25, -0.2) is 9.67 Å². The molecule has 1 aliphatic carbocycles. The number of carbonyl (C=O) groups is 1. The summed E-state index contributed by atoms with van der Waals surface area (Å²) in [6.45, 7) is 4.00. The van der Waals surface area contributed by atoms with Crippen molar-refractivity contribution in [2.45, 2.75) is 52.0 Å². The topological polar surface area (TPSA) is 59.8 Å². The quantitative estimate of drug-likeness (QED) is 0.854. The summed E-state index contributed by atoms with van der Waals surface area (Å²) in [7, 11) is 0. The van der Waals surface area contributed by atoms with Gasteiger partial charge in [0.1, 0.15) is 0 Å². The SMILES string of the molecule is Cc1c([C@@H](C)NC(=O)CC2=CCCCC2)cnn1-c1ccccn1. The van der Waals surface area contributed by atoms with E-state index in [9.17, 15) is 4.79 Å². The highest BCUT2D eigenvalue weighted by atomic mass is 16.1. The van der Waals surface area contributed by atoms with Crippen molar-refractivity contribution in [2.24, 2.45) is 0 Å². The molecule has 0 radical (unpaired) electrons. The second-order valence-corrected chi connectivity index (χ2v) is 6.36. The smallest absolute Gasteiger partial charge is 0.224 e. The Hall–Kier alpha value is -2.43. The van der Waals surface area contributed by atoms with E-state index in [0.717, 1.165) is 29.9 Å². The molecule has 0 aromatic carbocycles. The molecule has 3 rings (SSSR count). The molecule has 1 aliphatic rings. The van der Waals surface area contributed by atoms with Crippen LogP contribution in [0, 0.1) is 6.92 Å². The van der Waals surface area contributed by atoms with Gasteiger partial charge < -0.3 is 5.32 Å². The Morgan fingerprint density at radius 3 is 2.96 bits per heavy atom. The zero-order valence-electron chi connectivity index (χ0n) is 14.3. The maximum absolute atomic E-state index is 12.3. The van der Waals surface area contributed by atoms with Gasteiger partial charge in [0.05, 0.1) is 12.2 Å². The van der Waals surface area contributed by atoms with Crippen molar-refractivity contribution < 1.29 is 4.79 Å². The average Bonchev–Trinajstić information content (AvgIpc) is 2.98. The second kappa shape index (κ2) is 7.43. The number of nitrogens with one attached hydrogen (secondary N) is 1. The van der Waals surface area contributed by atoms with Crippen LogP contribution in [-0.2, 0) is 4.79 Å². The molecule has 1 atom stereocenters. The van der Waals surface area contributed by atoms with Gasteiger partial charge in [0, 0.05) is 23.9 Å². The van der Waals surface area contributed by atoms with Gasteiger partial charge in [-0.1, -0.05) is 17.7 Å². The van der Waals surface area contributed by atoms with Crippen molar-refractivity contribution in [3.05, 3.63) is 53.5 Å². The zero-order valence-corrected chi connectivity index (χ0v) is 14.3. The largest absolute Gasteiger partial charge is 0.349 e. The monoisotopic (exact) mass is 324 g/mol. The second-order valence-electron chi connectivity index (χ2n) is 6.36. The standard InChI is InChI=1S/C19H24N4O/c1-14(22-19(24)12-16-8-4-3-5-9-16)17-13-21-23(15(17)2)18-10-6-7-11-20-18/h6-8,10-11,13-14H,3-5,9,12H2,1-2H3,(H,22,24)/t14-/m1/s1. The van der Waals surface area contributed by atoms with Crippen LogP contribution in [0.3, 0.4) is 0 Å². The minimum Gasteiger partial charge on any atom is -0.349 e. The first-order chi connectivity index (χ1) is 11.6. The summed E-state index contributed by atoms with van der Waals surface area (Å²) in [6, 6.07) is 5.67. The molecule has 5 nitrogen and oxygen atoms in total. The van der Waals surface area contributed by atoms with Crippen molar-refractivity contribution in [3.8, 4) is 5.82 Å². The minimum atomic E-state index is -0.0702. The molecule has 2 aromatic rings. The van der Waals surface area contributed by atoms with Gasteiger partial charge in [-0.05, 0) is 51.7 Å². The molecule has 126 valence electrons. The molecule has 5 heteroatoms. The van der Waals surface area contributed by atoms with Gasteiger partial charge in [-0.15, -0.1) is 0 Å². The Kier molecular flexibility index (Phi) is 5.08. The summed E-state index contributed by atoms with van der Waals surface area (Å²) < 4.78 is 1.81. The normalized spacial score (nSPS) is 15.7. The minimum absolute atomic E-state index is 0.0702. The van der Waals surface area contributed by atoms with Gasteiger partial charge >= 0.3 is 0 Å². The third-order valence-electron chi connectivity index (χ3n) is 4.53. The molecule has 0 aliphatic heterocycles. The summed E-state index contributed by atoms with van der Waals surface area (Å²) in [4.78, 5) is 16.6. The third-order valence-corrected chi connectivity index (χ3v) is 4.53. The maximum Gasteiger partial charge on any atom is 0.224 e. The van der Waals surface area contributed by atoms with E-state index in [-0.39, 0.29) is 11.9 Å². The average molecular weight is 324 g/mol. The number of nitrogens with zero attached hydrogens (tertiary/aromatic N) is 3. The molecule has 1 N–H and O–H groups in total. The molecule has 2 aromatic heterocycles. The highest BCUT2D eigenvalue weighted by molar-refractivity contribution is 5.79. The van der Waals surface area contributed by atoms with E-state index in [4.69, 9.17) is 0 Å². The van der Waals surface area contributed by atoms with Crippen molar-refractivity contribution in [1.82, 2.24) is 20.1 Å². The summed E-state index contributed by atoms with van der Waals surface area (Å²) in [5, 5.41) is 7.52. The molecular weight excluding hydrogens is 300 g/mol. The molecule has 2 heterocycles. The number of hydrogen-bond acceptors (Lipinski definition) is 3. The number of amides is 1. The fraction of sp³-hybridized carbons (Fsp3) is 0.421. The summed E-state index contributed by atoms with van der Waals surface area (Å²) in [5.74, 6) is 0.868. The van der Waals surface area contributed by atoms with Crippen LogP contribution < -0.4 is 5.32 Å². The molecule has 0 unspecified atom stereocenters. The van der Waals surface area contributed by atoms with E-state index < -0.39 is 0 Å². The maximum atomic E-state index is 12.3. The number of pyridine rings is 1. The predicted octanol–water partition coefficient (Wildman–Crippen LogP) is 3.64. The summed E-state index contributed by atoms with van der Waals surface area (Å²) in [5.41, 5.74) is 3.29. The lowest BCUT2D eigenvalue weighted by Crippen LogP contribution is -2.27. The first-order valence-electron chi connectivity index (χ1n) is 8.58. The Balaban J connectivity index is 1.67. The summed E-state index contributed by atoms with van der Waals surface area (Å²) >= 11 is 0. The van der Waals surface area contributed by atoms with E-state index >= 15 is 0 Å². The van der Waals surface area contributed by atoms with Crippen LogP contribution >= 0.6 is 0 Å². The van der Waals surface area contributed by atoms with E-state index in [1.165, 1.54) is 18.4 Å². The lowest BCUT2D eigenvalue weighted by Gasteiger charge is -2.16. The van der Waals surface area contributed by atoms with Gasteiger partial charge in [0.25, 0.3) is 0 Å². The van der Waals surface area contributed by atoms with Crippen LogP contribution in [0.2, 0.25) is 0 Å². The number of rotatable bonds is 5. The number of allylic oxidation sites excluding steroid dienone is 1. The predicted molar refractivity (Wildman–Crippen MR) is 93.8 cm³/mol. The van der Waals surface area contributed by atoms with Gasteiger partial charge in [-0.3, -0.25) is 4.79 Å². The van der Waals surface area contributed by atoms with E-state index in [2.05, 4.69) is 21.5 Å². The number of carbonyl (C=O) groups excluding carboxylic acids is 1. The number of aromatic nitrogens is 3. The van der Waals surface area contributed by atoms with Crippen LogP contribution in [0.25, 0.3) is 5.82 Å². The molecule has 0 saturated heterocycles. The fourth-order valence-corrected chi connectivity index (χ4v) is 3.20. The third kappa shape index (κ3) is 3.72. The molecule has 0 fully saturated rings.